The predicted molar refractivity (Wildman–Crippen MR) is 73.5 cm³/mol. The number of nitrogens with one attached hydrogen (secondary N) is 1. The molecule has 1 amide bonds. The number of ether oxygens (including phenoxy) is 2. The topological polar surface area (TPSA) is 47.6 Å². The number of rotatable bonds is 5. The molecule has 0 fully saturated rings. The van der Waals surface area contributed by atoms with Crippen LogP contribution in [0.25, 0.3) is 0 Å². The number of para-hydroxylation sites is 2. The maximum atomic E-state index is 11.7. The van der Waals surface area contributed by atoms with E-state index in [4.69, 9.17) is 9.47 Å². The summed E-state index contributed by atoms with van der Waals surface area (Å²) in [5.41, 5.74) is 0. The van der Waals surface area contributed by atoms with Crippen LogP contribution in [0.3, 0.4) is 0 Å². The predicted octanol–water partition coefficient (Wildman–Crippen LogP) is 2.52. The molecule has 4 nitrogen and oxygen atoms in total. The van der Waals surface area contributed by atoms with Gasteiger partial charge in [-0.15, -0.1) is 0 Å². The Kier molecular flexibility index (Phi) is 4.66. The van der Waals surface area contributed by atoms with Gasteiger partial charge in [0.2, 0.25) is 5.91 Å². The minimum atomic E-state index is -0.0439. The fourth-order valence-electron chi connectivity index (χ4n) is 1.95. The van der Waals surface area contributed by atoms with Crippen molar-refractivity contribution in [1.29, 1.82) is 0 Å². The van der Waals surface area contributed by atoms with Crippen molar-refractivity contribution in [2.75, 3.05) is 6.61 Å². The van der Waals surface area contributed by atoms with Crippen LogP contribution in [-0.2, 0) is 4.79 Å². The lowest BCUT2D eigenvalue weighted by Crippen LogP contribution is -2.34. The number of carbonyl (C=O) groups is 1. The van der Waals surface area contributed by atoms with Gasteiger partial charge in [0.15, 0.2) is 11.5 Å². The van der Waals surface area contributed by atoms with E-state index in [1.165, 1.54) is 0 Å². The van der Waals surface area contributed by atoms with Gasteiger partial charge in [0, 0.05) is 12.5 Å². The van der Waals surface area contributed by atoms with Crippen LogP contribution in [0, 0.1) is 0 Å². The Morgan fingerprint density at radius 3 is 2.89 bits per heavy atom. The van der Waals surface area contributed by atoms with E-state index >= 15 is 0 Å². The normalized spacial score (nSPS) is 18.7. The standard InChI is InChI=1S/C15H21NO3/c1-3-11(2)16-15(17)9-8-12-10-18-13-6-4-5-7-14(13)19-12/h4-7,11-12H,3,8-10H2,1-2H3,(H,16,17)/t11-,12+/m0/s1. The first-order valence-corrected chi connectivity index (χ1v) is 6.87. The van der Waals surface area contributed by atoms with Crippen LogP contribution in [0.5, 0.6) is 11.5 Å². The van der Waals surface area contributed by atoms with Crippen LogP contribution in [0.2, 0.25) is 0 Å². The van der Waals surface area contributed by atoms with Crippen LogP contribution in [0.4, 0.5) is 0 Å². The first-order valence-electron chi connectivity index (χ1n) is 6.87. The molecular weight excluding hydrogens is 242 g/mol. The molecule has 1 aliphatic rings. The van der Waals surface area contributed by atoms with Gasteiger partial charge in [-0.05, 0) is 31.9 Å². The van der Waals surface area contributed by atoms with Gasteiger partial charge in [-0.3, -0.25) is 4.79 Å². The number of carbonyl (C=O) groups excluding carboxylic acids is 1. The third-order valence-corrected chi connectivity index (χ3v) is 3.28. The number of hydrogen-bond donors (Lipinski definition) is 1. The minimum Gasteiger partial charge on any atom is -0.486 e. The zero-order chi connectivity index (χ0) is 13.7. The third-order valence-electron chi connectivity index (χ3n) is 3.28. The molecule has 0 radical (unpaired) electrons. The number of benzene rings is 1. The van der Waals surface area contributed by atoms with Crippen molar-refractivity contribution in [2.24, 2.45) is 0 Å². The number of hydrogen-bond acceptors (Lipinski definition) is 3. The highest BCUT2D eigenvalue weighted by Gasteiger charge is 2.21. The number of fused-ring (bicyclic) bond motifs is 1. The smallest absolute Gasteiger partial charge is 0.220 e. The van der Waals surface area contributed by atoms with Crippen molar-refractivity contribution in [3.05, 3.63) is 24.3 Å². The summed E-state index contributed by atoms with van der Waals surface area (Å²) in [6.45, 7) is 4.57. The lowest BCUT2D eigenvalue weighted by Gasteiger charge is -2.26. The maximum Gasteiger partial charge on any atom is 0.220 e. The Balaban J connectivity index is 1.78. The monoisotopic (exact) mass is 263 g/mol. The molecular formula is C15H21NO3. The van der Waals surface area contributed by atoms with Gasteiger partial charge in [0.1, 0.15) is 12.7 Å². The first kappa shape index (κ1) is 13.7. The average Bonchev–Trinajstić information content (AvgIpc) is 2.44. The molecule has 1 aliphatic heterocycles. The first-order chi connectivity index (χ1) is 9.19. The van der Waals surface area contributed by atoms with Crippen LogP contribution < -0.4 is 14.8 Å². The van der Waals surface area contributed by atoms with Crippen molar-refractivity contribution in [1.82, 2.24) is 5.32 Å². The Bertz CT molecular complexity index is 433. The van der Waals surface area contributed by atoms with E-state index in [1.807, 2.05) is 31.2 Å². The summed E-state index contributed by atoms with van der Waals surface area (Å²) in [4.78, 5) is 11.7. The molecule has 0 aromatic heterocycles. The van der Waals surface area contributed by atoms with Gasteiger partial charge in [0.05, 0.1) is 0 Å². The summed E-state index contributed by atoms with van der Waals surface area (Å²) in [5, 5.41) is 2.95. The zero-order valence-electron chi connectivity index (χ0n) is 11.5. The van der Waals surface area contributed by atoms with E-state index in [0.29, 0.717) is 19.4 Å². The molecule has 1 heterocycles. The summed E-state index contributed by atoms with van der Waals surface area (Å²) >= 11 is 0. The largest absolute Gasteiger partial charge is 0.486 e. The van der Waals surface area contributed by atoms with Crippen molar-refractivity contribution >= 4 is 5.91 Å². The van der Waals surface area contributed by atoms with Crippen molar-refractivity contribution < 1.29 is 14.3 Å². The summed E-state index contributed by atoms with van der Waals surface area (Å²) in [5.74, 6) is 1.63. The SMILES string of the molecule is CC[C@H](C)NC(=O)CC[C@@H]1COc2ccccc2O1. The van der Waals surface area contributed by atoms with Gasteiger partial charge in [-0.25, -0.2) is 0 Å². The second kappa shape index (κ2) is 6.45. The number of amides is 1. The van der Waals surface area contributed by atoms with E-state index < -0.39 is 0 Å². The molecule has 0 aliphatic carbocycles. The molecule has 0 unspecified atom stereocenters. The highest BCUT2D eigenvalue weighted by Crippen LogP contribution is 2.31. The fraction of sp³-hybridized carbons (Fsp3) is 0.533. The Labute approximate surface area is 114 Å². The lowest BCUT2D eigenvalue weighted by atomic mass is 10.1. The second-order valence-corrected chi connectivity index (χ2v) is 4.91. The zero-order valence-corrected chi connectivity index (χ0v) is 11.5. The summed E-state index contributed by atoms with van der Waals surface area (Å²) in [6, 6.07) is 7.85. The Hall–Kier alpha value is -1.71. The summed E-state index contributed by atoms with van der Waals surface area (Å²) in [7, 11) is 0. The van der Waals surface area contributed by atoms with Crippen LogP contribution in [-0.4, -0.2) is 24.7 Å². The molecule has 1 aromatic rings. The summed E-state index contributed by atoms with van der Waals surface area (Å²) < 4.78 is 11.4. The second-order valence-electron chi connectivity index (χ2n) is 4.91. The molecule has 0 spiro atoms. The van der Waals surface area contributed by atoms with E-state index in [1.54, 1.807) is 0 Å². The van der Waals surface area contributed by atoms with Gasteiger partial charge in [-0.2, -0.15) is 0 Å². The molecule has 104 valence electrons. The van der Waals surface area contributed by atoms with Crippen LogP contribution in [0.1, 0.15) is 33.1 Å². The highest BCUT2D eigenvalue weighted by atomic mass is 16.6. The van der Waals surface area contributed by atoms with Gasteiger partial charge in [0.25, 0.3) is 0 Å². The Morgan fingerprint density at radius 2 is 2.16 bits per heavy atom. The van der Waals surface area contributed by atoms with Crippen molar-refractivity contribution in [3.63, 3.8) is 0 Å². The molecule has 1 aromatic carbocycles. The fourth-order valence-corrected chi connectivity index (χ4v) is 1.95. The van der Waals surface area contributed by atoms with Gasteiger partial charge >= 0.3 is 0 Å². The summed E-state index contributed by atoms with van der Waals surface area (Å²) in [6.07, 6.45) is 2.05. The molecule has 2 rings (SSSR count). The highest BCUT2D eigenvalue weighted by molar-refractivity contribution is 5.76. The van der Waals surface area contributed by atoms with E-state index in [0.717, 1.165) is 17.9 Å². The van der Waals surface area contributed by atoms with E-state index in [2.05, 4.69) is 12.2 Å². The van der Waals surface area contributed by atoms with Crippen molar-refractivity contribution in [2.45, 2.75) is 45.3 Å². The minimum absolute atomic E-state index is 0.0439. The quantitative estimate of drug-likeness (QED) is 0.888. The lowest BCUT2D eigenvalue weighted by molar-refractivity contribution is -0.122. The van der Waals surface area contributed by atoms with E-state index in [-0.39, 0.29) is 18.1 Å². The van der Waals surface area contributed by atoms with Gasteiger partial charge in [-0.1, -0.05) is 19.1 Å². The van der Waals surface area contributed by atoms with Gasteiger partial charge < -0.3 is 14.8 Å². The van der Waals surface area contributed by atoms with Crippen molar-refractivity contribution in [3.8, 4) is 11.5 Å². The molecule has 2 atom stereocenters. The average molecular weight is 263 g/mol. The van der Waals surface area contributed by atoms with Crippen LogP contribution in [0.15, 0.2) is 24.3 Å². The molecule has 0 saturated heterocycles. The molecule has 4 heteroatoms. The molecule has 0 bridgehead atoms. The molecule has 0 saturated carbocycles. The third kappa shape index (κ3) is 3.88. The van der Waals surface area contributed by atoms with E-state index in [9.17, 15) is 4.79 Å². The van der Waals surface area contributed by atoms with Crippen LogP contribution >= 0.6 is 0 Å². The molecule has 1 N–H and O–H groups in total. The maximum absolute atomic E-state index is 11.7. The molecule has 19 heavy (non-hydrogen) atoms. The Morgan fingerprint density at radius 1 is 1.42 bits per heavy atom.